The highest BCUT2D eigenvalue weighted by Crippen LogP contribution is 2.21. The molecule has 7 nitrogen and oxygen atoms in total. The van der Waals surface area contributed by atoms with Gasteiger partial charge in [-0.15, -0.1) is 0 Å². The molecule has 1 N–H and O–H groups in total. The summed E-state index contributed by atoms with van der Waals surface area (Å²) < 4.78 is 38.2. The van der Waals surface area contributed by atoms with Crippen LogP contribution in [0.4, 0.5) is 0 Å². The van der Waals surface area contributed by atoms with Crippen LogP contribution in [0.1, 0.15) is 29.8 Å². The number of nitrogens with one attached hydrogen (secondary N) is 1. The molecule has 0 aliphatic carbocycles. The van der Waals surface area contributed by atoms with E-state index in [9.17, 15) is 13.2 Å². The van der Waals surface area contributed by atoms with Gasteiger partial charge in [-0.3, -0.25) is 4.79 Å². The molecule has 1 fully saturated rings. The zero-order chi connectivity index (χ0) is 21.6. The second kappa shape index (κ2) is 10.1. The summed E-state index contributed by atoms with van der Waals surface area (Å²) >= 11 is 0. The van der Waals surface area contributed by atoms with Gasteiger partial charge in [0.1, 0.15) is 5.75 Å². The fourth-order valence-corrected chi connectivity index (χ4v) is 4.82. The summed E-state index contributed by atoms with van der Waals surface area (Å²) in [5, 5.41) is 2.83. The Morgan fingerprint density at radius 1 is 1.10 bits per heavy atom. The SMILES string of the molecule is CC(C)Oc1ccc(CCNC(=O)c2ccccc2S(=O)(=O)N2CCOCC2)cc1. The Kier molecular flexibility index (Phi) is 7.47. The standard InChI is InChI=1S/C22H28N2O5S/c1-17(2)29-19-9-7-18(8-10-19)11-12-23-22(25)20-5-3-4-6-21(20)30(26,27)24-13-15-28-16-14-24/h3-10,17H,11-16H2,1-2H3,(H,23,25). The number of carbonyl (C=O) groups excluding carboxylic acids is 1. The first kappa shape index (κ1) is 22.3. The molecule has 8 heteroatoms. The fraction of sp³-hybridized carbons (Fsp3) is 0.409. The third-order valence-corrected chi connectivity index (χ3v) is 6.67. The maximum Gasteiger partial charge on any atom is 0.252 e. The number of sulfonamides is 1. The normalized spacial score (nSPS) is 15.2. The summed E-state index contributed by atoms with van der Waals surface area (Å²) in [5.74, 6) is 0.405. The Labute approximate surface area is 178 Å². The van der Waals surface area contributed by atoms with E-state index in [1.807, 2.05) is 38.1 Å². The topological polar surface area (TPSA) is 84.9 Å². The molecule has 1 aliphatic rings. The molecule has 3 rings (SSSR count). The third kappa shape index (κ3) is 5.59. The number of hydrogen-bond donors (Lipinski definition) is 1. The van der Waals surface area contributed by atoms with E-state index in [4.69, 9.17) is 9.47 Å². The highest BCUT2D eigenvalue weighted by molar-refractivity contribution is 7.89. The van der Waals surface area contributed by atoms with E-state index in [2.05, 4.69) is 5.32 Å². The van der Waals surface area contributed by atoms with Crippen molar-refractivity contribution in [3.05, 3.63) is 59.7 Å². The molecule has 0 saturated carbocycles. The van der Waals surface area contributed by atoms with Crippen LogP contribution in [0.5, 0.6) is 5.75 Å². The van der Waals surface area contributed by atoms with Crippen molar-refractivity contribution >= 4 is 15.9 Å². The first-order valence-electron chi connectivity index (χ1n) is 10.1. The largest absolute Gasteiger partial charge is 0.491 e. The summed E-state index contributed by atoms with van der Waals surface area (Å²) in [7, 11) is -3.75. The molecular weight excluding hydrogens is 404 g/mol. The van der Waals surface area contributed by atoms with E-state index in [-0.39, 0.29) is 29.7 Å². The van der Waals surface area contributed by atoms with E-state index in [1.54, 1.807) is 18.2 Å². The second-order valence-corrected chi connectivity index (χ2v) is 9.24. The number of benzene rings is 2. The number of hydrogen-bond acceptors (Lipinski definition) is 5. The zero-order valence-corrected chi connectivity index (χ0v) is 18.2. The predicted molar refractivity (Wildman–Crippen MR) is 114 cm³/mol. The molecule has 0 spiro atoms. The molecule has 0 aromatic heterocycles. The van der Waals surface area contributed by atoms with Gasteiger partial charge in [-0.25, -0.2) is 8.42 Å². The molecule has 30 heavy (non-hydrogen) atoms. The molecule has 1 saturated heterocycles. The molecular formula is C22H28N2O5S. The number of ether oxygens (including phenoxy) is 2. The van der Waals surface area contributed by atoms with Gasteiger partial charge in [0.2, 0.25) is 10.0 Å². The smallest absolute Gasteiger partial charge is 0.252 e. The Balaban J connectivity index is 1.63. The van der Waals surface area contributed by atoms with Crippen LogP contribution in [-0.4, -0.2) is 57.6 Å². The molecule has 0 bridgehead atoms. The quantitative estimate of drug-likeness (QED) is 0.693. The van der Waals surface area contributed by atoms with Crippen molar-refractivity contribution in [3.8, 4) is 5.75 Å². The lowest BCUT2D eigenvalue weighted by Gasteiger charge is -2.26. The van der Waals surface area contributed by atoms with Crippen LogP contribution >= 0.6 is 0 Å². The summed E-state index contributed by atoms with van der Waals surface area (Å²) in [5.41, 5.74) is 1.21. The Bertz CT molecular complexity index is 952. The van der Waals surface area contributed by atoms with Crippen LogP contribution in [0.25, 0.3) is 0 Å². The van der Waals surface area contributed by atoms with Gasteiger partial charge in [-0.2, -0.15) is 4.31 Å². The van der Waals surface area contributed by atoms with Crippen molar-refractivity contribution in [3.63, 3.8) is 0 Å². The Hall–Kier alpha value is -2.42. The van der Waals surface area contributed by atoms with Gasteiger partial charge >= 0.3 is 0 Å². The number of nitrogens with zero attached hydrogens (tertiary/aromatic N) is 1. The fourth-order valence-electron chi connectivity index (χ4n) is 3.23. The van der Waals surface area contributed by atoms with Crippen molar-refractivity contribution in [2.24, 2.45) is 0 Å². The van der Waals surface area contributed by atoms with Crippen LogP contribution in [0.15, 0.2) is 53.4 Å². The second-order valence-electron chi connectivity index (χ2n) is 7.33. The molecule has 2 aromatic carbocycles. The van der Waals surface area contributed by atoms with Crippen LogP contribution in [-0.2, 0) is 21.2 Å². The van der Waals surface area contributed by atoms with Crippen LogP contribution < -0.4 is 10.1 Å². The van der Waals surface area contributed by atoms with Crippen molar-refractivity contribution in [1.29, 1.82) is 0 Å². The van der Waals surface area contributed by atoms with Gasteiger partial charge in [0.25, 0.3) is 5.91 Å². The van der Waals surface area contributed by atoms with Gasteiger partial charge in [0, 0.05) is 19.6 Å². The van der Waals surface area contributed by atoms with E-state index in [0.717, 1.165) is 11.3 Å². The molecule has 1 aliphatic heterocycles. The average Bonchev–Trinajstić information content (AvgIpc) is 2.75. The predicted octanol–water partition coefficient (Wildman–Crippen LogP) is 2.47. The summed E-state index contributed by atoms with van der Waals surface area (Å²) in [6, 6.07) is 14.0. The lowest BCUT2D eigenvalue weighted by molar-refractivity contribution is 0.0730. The lowest BCUT2D eigenvalue weighted by atomic mass is 10.1. The molecule has 0 unspecified atom stereocenters. The van der Waals surface area contributed by atoms with E-state index in [0.29, 0.717) is 26.2 Å². The van der Waals surface area contributed by atoms with Crippen molar-refractivity contribution < 1.29 is 22.7 Å². The molecule has 162 valence electrons. The molecule has 0 atom stereocenters. The van der Waals surface area contributed by atoms with Crippen LogP contribution in [0.2, 0.25) is 0 Å². The summed E-state index contributed by atoms with van der Waals surface area (Å²) in [6.07, 6.45) is 0.746. The minimum absolute atomic E-state index is 0.0274. The minimum Gasteiger partial charge on any atom is -0.491 e. The maximum absolute atomic E-state index is 13.0. The minimum atomic E-state index is -3.75. The number of morpholine rings is 1. The number of amides is 1. The zero-order valence-electron chi connectivity index (χ0n) is 17.3. The van der Waals surface area contributed by atoms with Crippen molar-refractivity contribution in [1.82, 2.24) is 9.62 Å². The van der Waals surface area contributed by atoms with E-state index in [1.165, 1.54) is 10.4 Å². The molecule has 1 heterocycles. The van der Waals surface area contributed by atoms with Gasteiger partial charge in [-0.05, 0) is 50.1 Å². The Morgan fingerprint density at radius 2 is 1.77 bits per heavy atom. The van der Waals surface area contributed by atoms with Gasteiger partial charge in [0.15, 0.2) is 0 Å². The number of carbonyl (C=O) groups is 1. The van der Waals surface area contributed by atoms with Gasteiger partial charge in [0.05, 0.1) is 29.8 Å². The van der Waals surface area contributed by atoms with Gasteiger partial charge in [-0.1, -0.05) is 24.3 Å². The highest BCUT2D eigenvalue weighted by Gasteiger charge is 2.29. The molecule has 0 radical (unpaired) electrons. The van der Waals surface area contributed by atoms with Crippen LogP contribution in [0.3, 0.4) is 0 Å². The monoisotopic (exact) mass is 432 g/mol. The van der Waals surface area contributed by atoms with Gasteiger partial charge < -0.3 is 14.8 Å². The molecule has 2 aromatic rings. The highest BCUT2D eigenvalue weighted by atomic mass is 32.2. The first-order chi connectivity index (χ1) is 14.4. The van der Waals surface area contributed by atoms with E-state index >= 15 is 0 Å². The Morgan fingerprint density at radius 3 is 2.43 bits per heavy atom. The summed E-state index contributed by atoms with van der Waals surface area (Å²) in [4.78, 5) is 12.7. The van der Waals surface area contributed by atoms with E-state index < -0.39 is 15.9 Å². The lowest BCUT2D eigenvalue weighted by Crippen LogP contribution is -2.41. The first-order valence-corrected chi connectivity index (χ1v) is 11.5. The average molecular weight is 433 g/mol. The number of rotatable bonds is 8. The maximum atomic E-state index is 13.0. The van der Waals surface area contributed by atoms with Crippen LogP contribution in [0, 0.1) is 0 Å². The summed E-state index contributed by atoms with van der Waals surface area (Å²) in [6.45, 7) is 5.63. The van der Waals surface area contributed by atoms with Crippen molar-refractivity contribution in [2.45, 2.75) is 31.3 Å². The molecule has 1 amide bonds. The van der Waals surface area contributed by atoms with Crippen molar-refractivity contribution in [2.75, 3.05) is 32.8 Å². The third-order valence-electron chi connectivity index (χ3n) is 4.71.